The molecule has 1 heterocycles. The molecule has 1 atom stereocenters. The molecule has 1 aliphatic heterocycles. The van der Waals surface area contributed by atoms with E-state index in [1.807, 2.05) is 0 Å². The van der Waals surface area contributed by atoms with Crippen molar-refractivity contribution in [2.75, 3.05) is 7.05 Å². The lowest BCUT2D eigenvalue weighted by atomic mass is 9.92. The van der Waals surface area contributed by atoms with Gasteiger partial charge in [0.15, 0.2) is 11.8 Å². The summed E-state index contributed by atoms with van der Waals surface area (Å²) < 4.78 is 0. The molecule has 5 nitrogen and oxygen atoms in total. The summed E-state index contributed by atoms with van der Waals surface area (Å²) in [6.45, 7) is 2.09. The molecular weight excluding hydrogens is 208 g/mol. The van der Waals surface area contributed by atoms with Crippen LogP contribution in [0.1, 0.15) is 39.0 Å². The van der Waals surface area contributed by atoms with Gasteiger partial charge in [0, 0.05) is 7.05 Å². The Morgan fingerprint density at radius 2 is 2.00 bits per heavy atom. The van der Waals surface area contributed by atoms with Crippen LogP contribution in [0.15, 0.2) is 0 Å². The van der Waals surface area contributed by atoms with Gasteiger partial charge in [-0.2, -0.15) is 0 Å². The van der Waals surface area contributed by atoms with Gasteiger partial charge in [0.05, 0.1) is 0 Å². The summed E-state index contributed by atoms with van der Waals surface area (Å²) in [5.74, 6) is -0.494. The number of aldehydes is 1. The average molecular weight is 226 g/mol. The third-order valence-electron chi connectivity index (χ3n) is 3.12. The highest BCUT2D eigenvalue weighted by atomic mass is 16.2. The molecule has 0 radical (unpaired) electrons. The van der Waals surface area contributed by atoms with Gasteiger partial charge in [0.25, 0.3) is 5.91 Å². The first-order chi connectivity index (χ1) is 7.58. The summed E-state index contributed by atoms with van der Waals surface area (Å²) in [7, 11) is 1.48. The van der Waals surface area contributed by atoms with Crippen LogP contribution in [0, 0.1) is 0 Å². The van der Waals surface area contributed by atoms with Gasteiger partial charge >= 0.3 is 6.03 Å². The van der Waals surface area contributed by atoms with Crippen LogP contribution >= 0.6 is 0 Å². The molecule has 16 heavy (non-hydrogen) atoms. The maximum Gasteiger partial charge on any atom is 0.325 e. The van der Waals surface area contributed by atoms with E-state index in [9.17, 15) is 14.4 Å². The number of imide groups is 1. The number of unbranched alkanes of at least 4 members (excludes halogenated alkanes) is 3. The minimum absolute atomic E-state index is 0.407. The van der Waals surface area contributed by atoms with Gasteiger partial charge in [-0.3, -0.25) is 10.1 Å². The van der Waals surface area contributed by atoms with E-state index in [1.165, 1.54) is 11.9 Å². The predicted molar refractivity (Wildman–Crippen MR) is 58.9 cm³/mol. The van der Waals surface area contributed by atoms with Gasteiger partial charge < -0.3 is 9.69 Å². The SMILES string of the molecule is CCCCCC[C@@]1(C=O)C(=O)NC(=O)N1C. The van der Waals surface area contributed by atoms with Gasteiger partial charge in [-0.15, -0.1) is 0 Å². The van der Waals surface area contributed by atoms with E-state index in [0.717, 1.165) is 25.7 Å². The Labute approximate surface area is 95.2 Å². The molecule has 0 aromatic rings. The molecule has 1 rings (SSSR count). The molecule has 90 valence electrons. The summed E-state index contributed by atoms with van der Waals surface area (Å²) in [4.78, 5) is 35.2. The lowest BCUT2D eigenvalue weighted by molar-refractivity contribution is -0.132. The molecule has 0 aromatic carbocycles. The van der Waals surface area contributed by atoms with Crippen molar-refractivity contribution < 1.29 is 14.4 Å². The van der Waals surface area contributed by atoms with Crippen LogP contribution in [0.5, 0.6) is 0 Å². The minimum atomic E-state index is -1.27. The number of urea groups is 1. The molecule has 1 N–H and O–H groups in total. The van der Waals surface area contributed by atoms with Crippen LogP contribution in [0.4, 0.5) is 4.79 Å². The number of carbonyl (C=O) groups is 3. The fraction of sp³-hybridized carbons (Fsp3) is 0.727. The van der Waals surface area contributed by atoms with Crippen LogP contribution < -0.4 is 5.32 Å². The molecule has 3 amide bonds. The lowest BCUT2D eigenvalue weighted by Crippen LogP contribution is -2.49. The molecule has 1 fully saturated rings. The number of nitrogens with one attached hydrogen (secondary N) is 1. The van der Waals surface area contributed by atoms with Crippen molar-refractivity contribution in [3.63, 3.8) is 0 Å². The normalized spacial score (nSPS) is 24.8. The summed E-state index contributed by atoms with van der Waals surface area (Å²) in [6, 6.07) is -0.493. The topological polar surface area (TPSA) is 66.5 Å². The van der Waals surface area contributed by atoms with Gasteiger partial charge in [0.1, 0.15) is 0 Å². The Morgan fingerprint density at radius 1 is 1.31 bits per heavy atom. The third-order valence-corrected chi connectivity index (χ3v) is 3.12. The fourth-order valence-corrected chi connectivity index (χ4v) is 1.92. The molecule has 0 saturated carbocycles. The molecule has 1 saturated heterocycles. The van der Waals surface area contributed by atoms with Crippen molar-refractivity contribution in [2.45, 2.75) is 44.6 Å². The monoisotopic (exact) mass is 226 g/mol. The first-order valence-corrected chi connectivity index (χ1v) is 5.64. The standard InChI is InChI=1S/C11H18N2O3/c1-3-4-5-6-7-11(8-14)9(15)12-10(16)13(11)2/h8H,3-7H2,1-2H3,(H,12,15,16)/t11-/m1/s1. The minimum Gasteiger partial charge on any atom is -0.306 e. The second kappa shape index (κ2) is 5.09. The summed E-state index contributed by atoms with van der Waals surface area (Å²) in [5, 5.41) is 2.17. The molecule has 0 spiro atoms. The van der Waals surface area contributed by atoms with Gasteiger partial charge in [-0.25, -0.2) is 4.79 Å². The predicted octanol–water partition coefficient (Wildman–Crippen LogP) is 1.08. The quantitative estimate of drug-likeness (QED) is 0.319. The highest BCUT2D eigenvalue weighted by Gasteiger charge is 2.50. The van der Waals surface area contributed by atoms with E-state index in [2.05, 4.69) is 12.2 Å². The van der Waals surface area contributed by atoms with Crippen molar-refractivity contribution in [1.82, 2.24) is 10.2 Å². The largest absolute Gasteiger partial charge is 0.325 e. The molecule has 1 aliphatic rings. The first-order valence-electron chi connectivity index (χ1n) is 5.64. The summed E-state index contributed by atoms with van der Waals surface area (Å²) in [5.41, 5.74) is -1.27. The van der Waals surface area contributed by atoms with Crippen molar-refractivity contribution in [3.8, 4) is 0 Å². The average Bonchev–Trinajstić information content (AvgIpc) is 2.48. The van der Waals surface area contributed by atoms with E-state index in [1.54, 1.807) is 0 Å². The number of hydrogen-bond acceptors (Lipinski definition) is 3. The Balaban J connectivity index is 2.66. The zero-order valence-electron chi connectivity index (χ0n) is 9.78. The Kier molecular flexibility index (Phi) is 4.04. The Morgan fingerprint density at radius 3 is 2.44 bits per heavy atom. The van der Waals surface area contributed by atoms with Crippen molar-refractivity contribution in [1.29, 1.82) is 0 Å². The molecular formula is C11H18N2O3. The van der Waals surface area contributed by atoms with E-state index in [-0.39, 0.29) is 0 Å². The Hall–Kier alpha value is -1.39. The molecule has 0 bridgehead atoms. The number of rotatable bonds is 6. The van der Waals surface area contributed by atoms with E-state index < -0.39 is 17.5 Å². The van der Waals surface area contributed by atoms with Crippen LogP contribution in [-0.4, -0.2) is 35.7 Å². The van der Waals surface area contributed by atoms with Gasteiger partial charge in [-0.1, -0.05) is 32.6 Å². The molecule has 0 aliphatic carbocycles. The zero-order chi connectivity index (χ0) is 12.2. The number of amides is 3. The van der Waals surface area contributed by atoms with E-state index in [4.69, 9.17) is 0 Å². The summed E-state index contributed by atoms with van der Waals surface area (Å²) >= 11 is 0. The Bertz CT molecular complexity index is 304. The smallest absolute Gasteiger partial charge is 0.306 e. The molecule has 5 heteroatoms. The number of hydrogen-bond donors (Lipinski definition) is 1. The van der Waals surface area contributed by atoms with Crippen LogP contribution in [0.25, 0.3) is 0 Å². The number of carbonyl (C=O) groups excluding carboxylic acids is 3. The lowest BCUT2D eigenvalue weighted by Gasteiger charge is -2.26. The second-order valence-electron chi connectivity index (χ2n) is 4.17. The van der Waals surface area contributed by atoms with E-state index in [0.29, 0.717) is 12.7 Å². The van der Waals surface area contributed by atoms with E-state index >= 15 is 0 Å². The number of nitrogens with zero attached hydrogens (tertiary/aromatic N) is 1. The summed E-state index contributed by atoms with van der Waals surface area (Å²) in [6.07, 6.45) is 4.91. The van der Waals surface area contributed by atoms with Crippen LogP contribution in [0.3, 0.4) is 0 Å². The van der Waals surface area contributed by atoms with Crippen LogP contribution in [-0.2, 0) is 9.59 Å². The maximum absolute atomic E-state index is 11.6. The highest BCUT2D eigenvalue weighted by Crippen LogP contribution is 2.24. The fourth-order valence-electron chi connectivity index (χ4n) is 1.92. The third kappa shape index (κ3) is 2.08. The van der Waals surface area contributed by atoms with Crippen molar-refractivity contribution in [3.05, 3.63) is 0 Å². The van der Waals surface area contributed by atoms with Crippen molar-refractivity contribution >= 4 is 18.2 Å². The molecule has 0 unspecified atom stereocenters. The zero-order valence-corrected chi connectivity index (χ0v) is 9.78. The molecule has 0 aromatic heterocycles. The van der Waals surface area contributed by atoms with Crippen LogP contribution in [0.2, 0.25) is 0 Å². The van der Waals surface area contributed by atoms with Gasteiger partial charge in [-0.05, 0) is 6.42 Å². The highest BCUT2D eigenvalue weighted by molar-refractivity contribution is 6.15. The number of likely N-dealkylation sites (N-methyl/N-ethyl adjacent to an activating group) is 1. The van der Waals surface area contributed by atoms with Crippen molar-refractivity contribution in [2.24, 2.45) is 0 Å². The second-order valence-corrected chi connectivity index (χ2v) is 4.17. The van der Waals surface area contributed by atoms with Gasteiger partial charge in [0.2, 0.25) is 0 Å². The maximum atomic E-state index is 11.6. The first kappa shape index (κ1) is 12.7.